The zero-order valence-corrected chi connectivity index (χ0v) is 17.8. The van der Waals surface area contributed by atoms with Gasteiger partial charge in [-0.2, -0.15) is 18.2 Å². The van der Waals surface area contributed by atoms with Gasteiger partial charge in [0.05, 0.1) is 29.8 Å². The predicted octanol–water partition coefficient (Wildman–Crippen LogP) is 4.51. The lowest BCUT2D eigenvalue weighted by Crippen LogP contribution is -2.30. The summed E-state index contributed by atoms with van der Waals surface area (Å²) in [6.45, 7) is 0.279. The lowest BCUT2D eigenvalue weighted by atomic mass is 9.97. The fourth-order valence-corrected chi connectivity index (χ4v) is 4.62. The van der Waals surface area contributed by atoms with Crippen LogP contribution in [0.1, 0.15) is 35.4 Å². The van der Waals surface area contributed by atoms with E-state index in [-0.39, 0.29) is 18.0 Å². The van der Waals surface area contributed by atoms with Crippen LogP contribution in [0.3, 0.4) is 0 Å². The first-order chi connectivity index (χ1) is 15.3. The van der Waals surface area contributed by atoms with Crippen molar-refractivity contribution in [1.29, 1.82) is 0 Å². The lowest BCUT2D eigenvalue weighted by molar-refractivity contribution is -0.137. The van der Waals surface area contributed by atoms with Gasteiger partial charge in [0.1, 0.15) is 10.8 Å². The Bertz CT molecular complexity index is 1170. The number of fused-ring (bicyclic) bond motifs is 1. The van der Waals surface area contributed by atoms with E-state index in [9.17, 15) is 22.8 Å². The minimum absolute atomic E-state index is 0.159. The van der Waals surface area contributed by atoms with Gasteiger partial charge in [-0.15, -0.1) is 0 Å². The molecule has 168 valence electrons. The van der Waals surface area contributed by atoms with E-state index in [1.165, 1.54) is 18.2 Å². The van der Waals surface area contributed by atoms with Crippen LogP contribution in [0.5, 0.6) is 0 Å². The van der Waals surface area contributed by atoms with E-state index in [1.807, 2.05) is 0 Å². The summed E-state index contributed by atoms with van der Waals surface area (Å²) < 4.78 is 46.4. The third-order valence-corrected chi connectivity index (χ3v) is 6.21. The summed E-state index contributed by atoms with van der Waals surface area (Å²) in [5, 5.41) is 2.78. The van der Waals surface area contributed by atoms with Crippen molar-refractivity contribution in [1.82, 2.24) is 9.55 Å². The maximum atomic E-state index is 13.1. The first-order valence-electron chi connectivity index (χ1n) is 10.1. The molecule has 0 fully saturated rings. The van der Waals surface area contributed by atoms with Crippen molar-refractivity contribution in [2.24, 2.45) is 0 Å². The van der Waals surface area contributed by atoms with Crippen molar-refractivity contribution in [2.45, 2.75) is 43.4 Å². The summed E-state index contributed by atoms with van der Waals surface area (Å²) in [6, 6.07) is 8.35. The average molecular weight is 463 g/mol. The Kier molecular flexibility index (Phi) is 6.40. The van der Waals surface area contributed by atoms with Gasteiger partial charge in [-0.3, -0.25) is 9.36 Å². The quantitative estimate of drug-likeness (QED) is 0.430. The SMILES string of the molecule is O=C(CSc1nc(=O)n(Cc2ccco2)c2c1CCCC2)Nc1ccccc1C(F)(F)F. The fourth-order valence-electron chi connectivity index (χ4n) is 3.75. The van der Waals surface area contributed by atoms with Crippen LogP contribution < -0.4 is 11.0 Å². The summed E-state index contributed by atoms with van der Waals surface area (Å²) in [6.07, 6.45) is 0.282. The molecular formula is C22H20F3N3O3S. The second kappa shape index (κ2) is 9.23. The second-order valence-electron chi connectivity index (χ2n) is 7.38. The number of rotatable bonds is 6. The van der Waals surface area contributed by atoms with Gasteiger partial charge in [-0.1, -0.05) is 23.9 Å². The van der Waals surface area contributed by atoms with Crippen LogP contribution in [-0.2, 0) is 30.4 Å². The van der Waals surface area contributed by atoms with Crippen molar-refractivity contribution >= 4 is 23.4 Å². The van der Waals surface area contributed by atoms with Crippen molar-refractivity contribution < 1.29 is 22.4 Å². The Morgan fingerprint density at radius 2 is 1.94 bits per heavy atom. The highest BCUT2D eigenvalue weighted by atomic mass is 32.2. The molecule has 1 N–H and O–H groups in total. The number of furan rings is 1. The minimum atomic E-state index is -4.57. The van der Waals surface area contributed by atoms with Gasteiger partial charge in [-0.25, -0.2) is 4.79 Å². The maximum absolute atomic E-state index is 13.1. The number of aromatic nitrogens is 2. The molecule has 0 spiro atoms. The molecule has 2 heterocycles. The molecule has 0 radical (unpaired) electrons. The summed E-state index contributed by atoms with van der Waals surface area (Å²) in [4.78, 5) is 29.2. The molecule has 2 aromatic heterocycles. The molecule has 0 atom stereocenters. The Hall–Kier alpha value is -3.01. The van der Waals surface area contributed by atoms with Crippen molar-refractivity contribution in [3.8, 4) is 0 Å². The van der Waals surface area contributed by atoms with Crippen molar-refractivity contribution in [2.75, 3.05) is 11.1 Å². The first-order valence-corrected chi connectivity index (χ1v) is 11.1. The predicted molar refractivity (Wildman–Crippen MR) is 114 cm³/mol. The number of carbonyl (C=O) groups is 1. The number of benzene rings is 1. The van der Waals surface area contributed by atoms with E-state index in [0.717, 1.165) is 48.3 Å². The molecule has 6 nitrogen and oxygen atoms in total. The number of anilines is 1. The highest BCUT2D eigenvalue weighted by molar-refractivity contribution is 8.00. The minimum Gasteiger partial charge on any atom is -0.467 e. The Balaban J connectivity index is 1.52. The number of para-hydroxylation sites is 1. The lowest BCUT2D eigenvalue weighted by Gasteiger charge is -2.22. The van der Waals surface area contributed by atoms with Gasteiger partial charge >= 0.3 is 11.9 Å². The van der Waals surface area contributed by atoms with Crippen LogP contribution >= 0.6 is 11.8 Å². The maximum Gasteiger partial charge on any atom is 0.418 e. The molecule has 32 heavy (non-hydrogen) atoms. The number of nitrogens with one attached hydrogen (secondary N) is 1. The second-order valence-corrected chi connectivity index (χ2v) is 8.34. The average Bonchev–Trinajstić information content (AvgIpc) is 3.27. The van der Waals surface area contributed by atoms with Crippen LogP contribution in [0.4, 0.5) is 18.9 Å². The molecule has 0 unspecified atom stereocenters. The molecule has 0 bridgehead atoms. The molecule has 1 aromatic carbocycles. The molecule has 0 aliphatic heterocycles. The third kappa shape index (κ3) is 4.90. The van der Waals surface area contributed by atoms with Crippen LogP contribution in [0.15, 0.2) is 56.9 Å². The van der Waals surface area contributed by atoms with Gasteiger partial charge in [0.15, 0.2) is 0 Å². The number of hydrogen-bond donors (Lipinski definition) is 1. The number of alkyl halides is 3. The largest absolute Gasteiger partial charge is 0.467 e. The van der Waals surface area contributed by atoms with Crippen LogP contribution in [0, 0.1) is 0 Å². The molecule has 10 heteroatoms. The smallest absolute Gasteiger partial charge is 0.418 e. The zero-order valence-electron chi connectivity index (χ0n) is 16.9. The standard InChI is InChI=1S/C22H20F3N3O3S/c23-22(24,25)16-8-2-3-9-17(16)26-19(29)13-32-20-15-7-1-4-10-18(15)28(21(30)27-20)12-14-6-5-11-31-14/h2-3,5-6,8-9,11H,1,4,7,10,12-13H2,(H,26,29). The van der Waals surface area contributed by atoms with Gasteiger partial charge in [-0.05, 0) is 49.9 Å². The number of hydrogen-bond acceptors (Lipinski definition) is 5. The summed E-state index contributed by atoms with van der Waals surface area (Å²) >= 11 is 1.07. The van der Waals surface area contributed by atoms with Crippen molar-refractivity contribution in [3.63, 3.8) is 0 Å². The number of nitrogens with zero attached hydrogens (tertiary/aromatic N) is 2. The van der Waals surface area contributed by atoms with Crippen LogP contribution in [0.2, 0.25) is 0 Å². The Labute approximate surface area is 185 Å². The van der Waals surface area contributed by atoms with E-state index < -0.39 is 23.3 Å². The summed E-state index contributed by atoms with van der Waals surface area (Å²) in [5.74, 6) is -0.115. The van der Waals surface area contributed by atoms with Crippen molar-refractivity contribution in [3.05, 3.63) is 75.7 Å². The van der Waals surface area contributed by atoms with Gasteiger partial charge in [0, 0.05) is 11.3 Å². The van der Waals surface area contributed by atoms with E-state index in [0.29, 0.717) is 17.2 Å². The Morgan fingerprint density at radius 3 is 2.69 bits per heavy atom. The van der Waals surface area contributed by atoms with Crippen LogP contribution in [-0.4, -0.2) is 21.2 Å². The molecule has 1 amide bonds. The third-order valence-electron chi connectivity index (χ3n) is 5.19. The topological polar surface area (TPSA) is 77.1 Å². The zero-order chi connectivity index (χ0) is 22.7. The fraction of sp³-hybridized carbons (Fsp3) is 0.318. The van der Waals surface area contributed by atoms with Gasteiger partial charge in [0.2, 0.25) is 5.91 Å². The monoisotopic (exact) mass is 463 g/mol. The normalized spacial score (nSPS) is 13.6. The number of carbonyl (C=O) groups excluding carboxylic acids is 1. The van der Waals surface area contributed by atoms with E-state index in [4.69, 9.17) is 4.42 Å². The molecule has 1 aliphatic rings. The van der Waals surface area contributed by atoms with Gasteiger partial charge < -0.3 is 9.73 Å². The molecule has 4 rings (SSSR count). The number of amides is 1. The summed E-state index contributed by atoms with van der Waals surface area (Å²) in [5.41, 5.74) is 0.144. The molecule has 0 saturated heterocycles. The molecule has 1 aliphatic carbocycles. The van der Waals surface area contributed by atoms with E-state index in [2.05, 4.69) is 10.3 Å². The highest BCUT2D eigenvalue weighted by Crippen LogP contribution is 2.35. The molecule has 0 saturated carbocycles. The van der Waals surface area contributed by atoms with Gasteiger partial charge in [0.25, 0.3) is 0 Å². The first kappa shape index (κ1) is 22.2. The van der Waals surface area contributed by atoms with E-state index in [1.54, 1.807) is 23.0 Å². The van der Waals surface area contributed by atoms with Crippen LogP contribution in [0.25, 0.3) is 0 Å². The highest BCUT2D eigenvalue weighted by Gasteiger charge is 2.33. The summed E-state index contributed by atoms with van der Waals surface area (Å²) in [7, 11) is 0. The number of thioether (sulfide) groups is 1. The molecular weight excluding hydrogens is 443 g/mol. The number of halogens is 3. The molecule has 3 aromatic rings. The Morgan fingerprint density at radius 1 is 1.16 bits per heavy atom. The van der Waals surface area contributed by atoms with E-state index >= 15 is 0 Å².